The third-order valence-electron chi connectivity index (χ3n) is 10.8. The number of rotatable bonds is 18. The summed E-state index contributed by atoms with van der Waals surface area (Å²) in [6, 6.07) is 2.39. The Kier molecular flexibility index (Phi) is 28.7. The molecule has 1 aromatic rings. The van der Waals surface area contributed by atoms with Crippen molar-refractivity contribution in [1.29, 1.82) is 0 Å². The molecule has 4 atom stereocenters. The minimum absolute atomic E-state index is 0.0131. The number of hydrogen-bond donors (Lipinski definition) is 12. The lowest BCUT2D eigenvalue weighted by molar-refractivity contribution is -0.440. The number of aliphatic hydroxyl groups is 2. The van der Waals surface area contributed by atoms with Crippen molar-refractivity contribution in [3.05, 3.63) is 24.3 Å². The minimum Gasteiger partial charge on any atom is -0.508 e. The minimum atomic E-state index is -1.27. The molecule has 0 radical (unpaired) electrons. The lowest BCUT2D eigenvalue weighted by Crippen LogP contribution is -2.59. The van der Waals surface area contributed by atoms with Gasteiger partial charge in [0, 0.05) is 74.8 Å². The number of hydrogen-bond acceptors (Lipinski definition) is 17. The predicted octanol–water partition coefficient (Wildman–Crippen LogP) is -3.22. The van der Waals surface area contributed by atoms with Crippen molar-refractivity contribution in [3.8, 4) is 5.75 Å². The number of fused-ring (bicyclic) bond motifs is 2. The molecule has 27 heteroatoms. The van der Waals surface area contributed by atoms with Crippen molar-refractivity contribution in [1.82, 2.24) is 41.7 Å². The molecule has 14 N–H and O–H groups in total. The number of amidine groups is 1. The molecule has 3 heterocycles. The topological polar surface area (TPSA) is 377 Å². The van der Waals surface area contributed by atoms with Crippen molar-refractivity contribution in [2.75, 3.05) is 69.3 Å². The summed E-state index contributed by atoms with van der Waals surface area (Å²) in [7, 11) is 2.86. The number of aliphatic hydroxyl groups excluding tert-OH is 2. The molecule has 3 aliphatic rings. The molecule has 4 unspecified atom stereocenters. The number of aromatic hydroxyl groups is 1. The third kappa shape index (κ3) is 23.1. The van der Waals surface area contributed by atoms with Gasteiger partial charge in [0.25, 0.3) is 11.7 Å². The molecule has 0 saturated carbocycles. The number of nitrogens with one attached hydrogen (secondary N) is 7. The Labute approximate surface area is 420 Å². The Bertz CT molecular complexity index is 1970. The summed E-state index contributed by atoms with van der Waals surface area (Å²) in [6.07, 6.45) is 2.94. The molecule has 2 fully saturated rings. The van der Waals surface area contributed by atoms with Gasteiger partial charge in [-0.2, -0.15) is 4.58 Å². The highest BCUT2D eigenvalue weighted by Crippen LogP contribution is 2.22. The van der Waals surface area contributed by atoms with Crippen LogP contribution in [-0.4, -0.2) is 190 Å². The second kappa shape index (κ2) is 33.4. The zero-order chi connectivity index (χ0) is 52.9. The first-order chi connectivity index (χ1) is 33.9. The average Bonchev–Trinajstić information content (AvgIpc) is 3.97. The van der Waals surface area contributed by atoms with E-state index in [1.807, 2.05) is 0 Å². The van der Waals surface area contributed by atoms with E-state index in [0.29, 0.717) is 42.4 Å². The number of benzene rings is 1. The molecule has 2 bridgehead atoms. The maximum Gasteiger partial charge on any atom is 0.332 e. The van der Waals surface area contributed by atoms with Gasteiger partial charge in [-0.05, 0) is 63.8 Å². The first kappa shape index (κ1) is 60.9. The molecule has 0 aliphatic carbocycles. The highest BCUT2D eigenvalue weighted by atomic mass is 33.1. The standard InChI is InChI=1S/C27H38N8O7S2.C12H23N3O5.C5H9NO/c1-2-3-17-24(39)31-18(8-9-21(29)37)25(40)33-19-14-20(28)35(27(19)42)11-13-44-43-12-10-22(38)34-23(26(41)32-17)30-15-4-6-16(36)7-5-15;1-9(2)15(12(20)4-13-8-18)5-11(19)14-3-10(6-16)7-17;7-5-6-3-1-2-4-6/h4-7,17-19,23,28,30H,2-3,8-14H2,1H3,(H7,29,31,32,33,34,36,37,38,39,40,41);8-10,16-17H,3-7H2,1-2H3,(H,13,18)(H,14,19);5H,1-4H2/p+1. The van der Waals surface area contributed by atoms with Gasteiger partial charge >= 0.3 is 5.91 Å². The Balaban J connectivity index is 0.000000525. The quantitative estimate of drug-likeness (QED) is 0.0298. The molecular formula is C44H71N12O13S2+. The monoisotopic (exact) mass is 1040 g/mol. The SMILES string of the molecule is CC(C)N(CC(=O)NCC(CO)CO)C(=O)CNC=O.CCCC1NC(=O)C(Nc2ccc(O)cc2)NC(=O)CCSSCC[N+]2=C(N)CC(NC(=O)C(CCC(N)=O)NC1=O)C2=O.O=CN1CCCC1. The van der Waals surface area contributed by atoms with Crippen LogP contribution < -0.4 is 48.7 Å². The molecular weight excluding hydrogens is 969 g/mol. The first-order valence-corrected chi connectivity index (χ1v) is 25.7. The Morgan fingerprint density at radius 3 is 2.11 bits per heavy atom. The van der Waals surface area contributed by atoms with Crippen molar-refractivity contribution in [2.24, 2.45) is 17.4 Å². The number of anilines is 1. The van der Waals surface area contributed by atoms with E-state index in [1.54, 1.807) is 25.7 Å². The number of phenols is 1. The van der Waals surface area contributed by atoms with Crippen LogP contribution in [0.2, 0.25) is 0 Å². The largest absolute Gasteiger partial charge is 0.508 e. The summed E-state index contributed by atoms with van der Waals surface area (Å²) in [6.45, 7) is 6.94. The van der Waals surface area contributed by atoms with E-state index in [2.05, 4.69) is 37.2 Å². The number of nitrogens with two attached hydrogens (primary N) is 2. The lowest BCUT2D eigenvalue weighted by atomic mass is 10.1. The maximum atomic E-state index is 13.4. The first-order valence-electron chi connectivity index (χ1n) is 23.2. The van der Waals surface area contributed by atoms with Crippen molar-refractivity contribution in [3.63, 3.8) is 0 Å². The summed E-state index contributed by atoms with van der Waals surface area (Å²) in [4.78, 5) is 124. The zero-order valence-electron chi connectivity index (χ0n) is 40.4. The molecule has 25 nitrogen and oxygen atoms in total. The molecule has 1 aromatic carbocycles. The van der Waals surface area contributed by atoms with Crippen LogP contribution in [0.5, 0.6) is 5.75 Å². The summed E-state index contributed by atoms with van der Waals surface area (Å²) in [5.74, 6) is -3.54. The van der Waals surface area contributed by atoms with Crippen LogP contribution in [-0.2, 0) is 47.9 Å². The fourth-order valence-corrected chi connectivity index (χ4v) is 8.75. The molecule has 4 rings (SSSR count). The highest BCUT2D eigenvalue weighted by Gasteiger charge is 2.39. The third-order valence-corrected chi connectivity index (χ3v) is 13.2. The number of amides is 10. The van der Waals surface area contributed by atoms with E-state index in [0.717, 1.165) is 19.5 Å². The van der Waals surface area contributed by atoms with E-state index in [4.69, 9.17) is 21.7 Å². The summed E-state index contributed by atoms with van der Waals surface area (Å²) < 4.78 is 1.40. The lowest BCUT2D eigenvalue weighted by Gasteiger charge is -2.26. The van der Waals surface area contributed by atoms with Gasteiger partial charge in [0.1, 0.15) is 30.4 Å². The second-order valence-electron chi connectivity index (χ2n) is 16.7. The molecule has 10 amide bonds. The average molecular weight is 1040 g/mol. The van der Waals surface area contributed by atoms with Crippen LogP contribution in [0.25, 0.3) is 0 Å². The van der Waals surface area contributed by atoms with Crippen LogP contribution in [0.15, 0.2) is 24.3 Å². The van der Waals surface area contributed by atoms with Gasteiger partial charge in [0.05, 0.1) is 19.5 Å². The van der Waals surface area contributed by atoms with Crippen LogP contribution >= 0.6 is 21.6 Å². The van der Waals surface area contributed by atoms with Gasteiger partial charge in [-0.3, -0.25) is 48.9 Å². The fourth-order valence-electron chi connectivity index (χ4n) is 6.81. The Morgan fingerprint density at radius 2 is 1.54 bits per heavy atom. The number of nitrogens with zero attached hydrogens (tertiary/aromatic N) is 3. The Morgan fingerprint density at radius 1 is 0.915 bits per heavy atom. The van der Waals surface area contributed by atoms with E-state index >= 15 is 0 Å². The number of phenolic OH excluding ortho intramolecular Hbond substituents is 1. The van der Waals surface area contributed by atoms with Gasteiger partial charge in [-0.15, -0.1) is 0 Å². The van der Waals surface area contributed by atoms with Gasteiger partial charge in [-0.25, -0.2) is 4.79 Å². The van der Waals surface area contributed by atoms with E-state index in [-0.39, 0.29) is 88.6 Å². The maximum absolute atomic E-state index is 13.4. The molecule has 0 aromatic heterocycles. The second-order valence-corrected chi connectivity index (χ2v) is 19.4. The summed E-state index contributed by atoms with van der Waals surface area (Å²) >= 11 is 0. The van der Waals surface area contributed by atoms with Crippen LogP contribution in [0.3, 0.4) is 0 Å². The number of likely N-dealkylation sites (tertiary alicyclic amines) is 1. The molecule has 0 spiro atoms. The highest BCUT2D eigenvalue weighted by molar-refractivity contribution is 8.76. The van der Waals surface area contributed by atoms with Crippen LogP contribution in [0.1, 0.15) is 72.1 Å². The van der Waals surface area contributed by atoms with Gasteiger partial charge < -0.3 is 68.1 Å². The van der Waals surface area contributed by atoms with Crippen molar-refractivity contribution in [2.45, 2.75) is 102 Å². The van der Waals surface area contributed by atoms with E-state index in [9.17, 15) is 53.1 Å². The molecule has 3 aliphatic heterocycles. The smallest absolute Gasteiger partial charge is 0.332 e. The summed E-state index contributed by atoms with van der Waals surface area (Å²) in [5.41, 5.74) is 11.8. The van der Waals surface area contributed by atoms with Gasteiger partial charge in [-0.1, -0.05) is 34.9 Å². The normalized spacial score (nSPS) is 20.2. The number of carbonyl (C=O) groups is 10. The van der Waals surface area contributed by atoms with Crippen molar-refractivity contribution >= 4 is 93.2 Å². The predicted molar refractivity (Wildman–Crippen MR) is 265 cm³/mol. The zero-order valence-corrected chi connectivity index (χ0v) is 42.0. The van der Waals surface area contributed by atoms with E-state index < -0.39 is 65.7 Å². The van der Waals surface area contributed by atoms with Gasteiger partial charge in [0.2, 0.25) is 48.3 Å². The van der Waals surface area contributed by atoms with Crippen LogP contribution in [0, 0.1) is 5.92 Å². The molecule has 2 saturated heterocycles. The number of primary amides is 1. The van der Waals surface area contributed by atoms with E-state index in [1.165, 1.54) is 68.2 Å². The Hall–Kier alpha value is -6.19. The molecule has 71 heavy (non-hydrogen) atoms. The number of carbonyl (C=O) groups excluding carboxylic acids is 10. The summed E-state index contributed by atoms with van der Waals surface area (Å²) in [5, 5.41) is 45.6. The fraction of sp³-hybridized carbons (Fsp3) is 0.614. The van der Waals surface area contributed by atoms with Gasteiger partial charge in [0.15, 0.2) is 6.17 Å². The molecule has 396 valence electrons. The van der Waals surface area contributed by atoms with Crippen molar-refractivity contribution < 1.29 is 67.8 Å². The van der Waals surface area contributed by atoms with Crippen LogP contribution in [0.4, 0.5) is 5.69 Å².